The third-order valence-electron chi connectivity index (χ3n) is 6.87. The van der Waals surface area contributed by atoms with Crippen LogP contribution in [0.15, 0.2) is 54.6 Å². The highest BCUT2D eigenvalue weighted by Gasteiger charge is 2.52. The highest BCUT2D eigenvalue weighted by Crippen LogP contribution is 2.46. The minimum atomic E-state index is -0.221. The third-order valence-corrected chi connectivity index (χ3v) is 6.87. The summed E-state index contributed by atoms with van der Waals surface area (Å²) in [6, 6.07) is 17.4. The van der Waals surface area contributed by atoms with Crippen molar-refractivity contribution >= 4 is 11.8 Å². The molecule has 2 aliphatic rings. The molecule has 0 radical (unpaired) electrons. The first-order chi connectivity index (χ1) is 15.1. The number of methoxy groups -OCH3 is 2. The second kappa shape index (κ2) is 9.10. The van der Waals surface area contributed by atoms with E-state index in [-0.39, 0.29) is 23.3 Å². The first-order valence-electron chi connectivity index (χ1n) is 10.9. The van der Waals surface area contributed by atoms with Gasteiger partial charge in [-0.1, -0.05) is 30.3 Å². The molecule has 2 aromatic carbocycles. The monoisotopic (exact) mass is 422 g/mol. The number of hydrogen-bond acceptors (Lipinski definition) is 4. The van der Waals surface area contributed by atoms with Gasteiger partial charge in [-0.25, -0.2) is 0 Å². The van der Waals surface area contributed by atoms with E-state index >= 15 is 0 Å². The zero-order valence-corrected chi connectivity index (χ0v) is 18.3. The topological polar surface area (TPSA) is 59.1 Å². The molecule has 0 bridgehead atoms. The van der Waals surface area contributed by atoms with Gasteiger partial charge in [0, 0.05) is 44.1 Å². The van der Waals surface area contributed by atoms with Crippen molar-refractivity contribution in [1.29, 1.82) is 0 Å². The number of rotatable bonds is 6. The van der Waals surface area contributed by atoms with Crippen LogP contribution in [-0.2, 0) is 14.9 Å². The summed E-state index contributed by atoms with van der Waals surface area (Å²) in [5.41, 5.74) is 1.62. The first kappa shape index (κ1) is 21.4. The van der Waals surface area contributed by atoms with Crippen molar-refractivity contribution in [1.82, 2.24) is 9.80 Å². The molecule has 6 heteroatoms. The van der Waals surface area contributed by atoms with Gasteiger partial charge in [0.2, 0.25) is 5.91 Å². The summed E-state index contributed by atoms with van der Waals surface area (Å²) >= 11 is 0. The molecule has 2 fully saturated rings. The first-order valence-corrected chi connectivity index (χ1v) is 10.9. The zero-order valence-electron chi connectivity index (χ0n) is 18.3. The van der Waals surface area contributed by atoms with E-state index in [1.807, 2.05) is 28.0 Å². The largest absolute Gasteiger partial charge is 0.497 e. The number of benzene rings is 2. The van der Waals surface area contributed by atoms with Gasteiger partial charge in [-0.2, -0.15) is 0 Å². The van der Waals surface area contributed by atoms with E-state index in [1.165, 1.54) is 5.56 Å². The van der Waals surface area contributed by atoms with Crippen LogP contribution in [0.2, 0.25) is 0 Å². The lowest BCUT2D eigenvalue weighted by atomic mass is 9.71. The van der Waals surface area contributed by atoms with Crippen LogP contribution in [0.5, 0.6) is 5.75 Å². The summed E-state index contributed by atoms with van der Waals surface area (Å²) < 4.78 is 10.4. The molecule has 0 N–H and O–H groups in total. The number of carbonyl (C=O) groups excluding carboxylic acids is 2. The molecule has 2 heterocycles. The van der Waals surface area contributed by atoms with Crippen LogP contribution in [0.4, 0.5) is 0 Å². The average Bonchev–Trinajstić information content (AvgIpc) is 3.11. The summed E-state index contributed by atoms with van der Waals surface area (Å²) in [4.78, 5) is 30.4. The second-order valence-corrected chi connectivity index (χ2v) is 8.34. The van der Waals surface area contributed by atoms with Gasteiger partial charge in [0.1, 0.15) is 5.75 Å². The SMILES string of the molecule is COCCN1CCC2(c3ccccc3)CCN(C(=O)c3ccc(OC)cc3)C2CC1=O. The molecule has 2 saturated heterocycles. The molecule has 6 nitrogen and oxygen atoms in total. The number of nitrogens with zero attached hydrogens (tertiary/aromatic N) is 2. The van der Waals surface area contributed by atoms with Gasteiger partial charge in [-0.05, 0) is 42.7 Å². The molecule has 2 amide bonds. The van der Waals surface area contributed by atoms with E-state index in [1.54, 1.807) is 38.5 Å². The van der Waals surface area contributed by atoms with E-state index in [9.17, 15) is 9.59 Å². The standard InChI is InChI=1S/C25H30N2O4/c1-30-17-16-26-14-12-25(20-6-4-3-5-7-20)13-15-27(22(25)18-23(26)28)24(29)19-8-10-21(31-2)11-9-19/h3-11,22H,12-18H2,1-2H3. The predicted octanol–water partition coefficient (Wildman–Crippen LogP) is 3.12. The minimum Gasteiger partial charge on any atom is -0.497 e. The van der Waals surface area contributed by atoms with Crippen LogP contribution in [-0.4, -0.2) is 68.1 Å². The summed E-state index contributed by atoms with van der Waals surface area (Å²) in [5.74, 6) is 0.785. The highest BCUT2D eigenvalue weighted by molar-refractivity contribution is 5.95. The lowest BCUT2D eigenvalue weighted by Crippen LogP contribution is -2.45. The van der Waals surface area contributed by atoms with E-state index in [2.05, 4.69) is 12.1 Å². The Morgan fingerprint density at radius 3 is 2.42 bits per heavy atom. The van der Waals surface area contributed by atoms with Gasteiger partial charge in [-0.3, -0.25) is 9.59 Å². The van der Waals surface area contributed by atoms with Crippen molar-refractivity contribution in [2.45, 2.75) is 30.7 Å². The number of ether oxygens (including phenoxy) is 2. The van der Waals surface area contributed by atoms with Crippen molar-refractivity contribution in [3.63, 3.8) is 0 Å². The molecule has 4 rings (SSSR count). The summed E-state index contributed by atoms with van der Waals surface area (Å²) in [6.45, 7) is 2.43. The molecule has 31 heavy (non-hydrogen) atoms. The maximum Gasteiger partial charge on any atom is 0.254 e. The number of amides is 2. The van der Waals surface area contributed by atoms with Crippen LogP contribution in [0.1, 0.15) is 35.2 Å². The van der Waals surface area contributed by atoms with Crippen LogP contribution in [0.3, 0.4) is 0 Å². The van der Waals surface area contributed by atoms with Crippen LogP contribution >= 0.6 is 0 Å². The second-order valence-electron chi connectivity index (χ2n) is 8.34. The molecule has 2 atom stereocenters. The zero-order chi connectivity index (χ0) is 21.8. The average molecular weight is 423 g/mol. The molecular formula is C25H30N2O4. The lowest BCUT2D eigenvalue weighted by molar-refractivity contribution is -0.132. The number of hydrogen-bond donors (Lipinski definition) is 0. The molecule has 2 unspecified atom stereocenters. The van der Waals surface area contributed by atoms with Crippen molar-refractivity contribution in [2.75, 3.05) is 40.5 Å². The predicted molar refractivity (Wildman–Crippen MR) is 118 cm³/mol. The van der Waals surface area contributed by atoms with E-state index in [0.29, 0.717) is 38.2 Å². The quantitative estimate of drug-likeness (QED) is 0.718. The molecule has 0 saturated carbocycles. The number of carbonyl (C=O) groups is 2. The Kier molecular flexibility index (Phi) is 6.28. The third kappa shape index (κ3) is 4.04. The van der Waals surface area contributed by atoms with Crippen LogP contribution < -0.4 is 4.74 Å². The molecular weight excluding hydrogens is 392 g/mol. The Bertz CT molecular complexity index is 915. The smallest absolute Gasteiger partial charge is 0.254 e. The maximum atomic E-state index is 13.5. The maximum absolute atomic E-state index is 13.5. The summed E-state index contributed by atoms with van der Waals surface area (Å²) in [5, 5.41) is 0. The fourth-order valence-corrected chi connectivity index (χ4v) is 5.12. The van der Waals surface area contributed by atoms with E-state index in [4.69, 9.17) is 9.47 Å². The molecule has 2 aliphatic heterocycles. The number of fused-ring (bicyclic) bond motifs is 1. The Hall–Kier alpha value is -2.86. The van der Waals surface area contributed by atoms with E-state index < -0.39 is 0 Å². The van der Waals surface area contributed by atoms with Crippen molar-refractivity contribution in [3.05, 3.63) is 65.7 Å². The van der Waals surface area contributed by atoms with Crippen molar-refractivity contribution in [3.8, 4) is 5.75 Å². The molecule has 0 aromatic heterocycles. The van der Waals surface area contributed by atoms with Gasteiger partial charge in [-0.15, -0.1) is 0 Å². The Balaban J connectivity index is 1.67. The fraction of sp³-hybridized carbons (Fsp3) is 0.440. The van der Waals surface area contributed by atoms with Gasteiger partial charge in [0.05, 0.1) is 19.8 Å². The Morgan fingerprint density at radius 2 is 1.74 bits per heavy atom. The fourth-order valence-electron chi connectivity index (χ4n) is 5.12. The van der Waals surface area contributed by atoms with E-state index in [0.717, 1.165) is 18.6 Å². The Labute approximate surface area is 183 Å². The molecule has 0 spiro atoms. The summed E-state index contributed by atoms with van der Waals surface area (Å²) in [6.07, 6.45) is 2.03. The van der Waals surface area contributed by atoms with Gasteiger partial charge in [0.25, 0.3) is 5.91 Å². The van der Waals surface area contributed by atoms with Crippen molar-refractivity contribution in [2.24, 2.45) is 0 Å². The number of likely N-dealkylation sites (tertiary alicyclic amines) is 2. The lowest BCUT2D eigenvalue weighted by Gasteiger charge is -2.36. The van der Waals surface area contributed by atoms with Crippen molar-refractivity contribution < 1.29 is 19.1 Å². The van der Waals surface area contributed by atoms with Gasteiger partial charge >= 0.3 is 0 Å². The van der Waals surface area contributed by atoms with Crippen LogP contribution in [0, 0.1) is 0 Å². The molecule has 0 aliphatic carbocycles. The Morgan fingerprint density at radius 1 is 1.03 bits per heavy atom. The normalized spacial score (nSPS) is 23.4. The molecule has 2 aromatic rings. The van der Waals surface area contributed by atoms with Gasteiger partial charge in [0.15, 0.2) is 0 Å². The minimum absolute atomic E-state index is 0.0244. The highest BCUT2D eigenvalue weighted by atomic mass is 16.5. The van der Waals surface area contributed by atoms with Crippen LogP contribution in [0.25, 0.3) is 0 Å². The van der Waals surface area contributed by atoms with Gasteiger partial charge < -0.3 is 19.3 Å². The molecule has 164 valence electrons. The summed E-state index contributed by atoms with van der Waals surface area (Å²) in [7, 11) is 3.26.